The molecule has 0 atom stereocenters. The van der Waals surface area contributed by atoms with Crippen molar-refractivity contribution in [1.29, 1.82) is 0 Å². The first-order valence-corrected chi connectivity index (χ1v) is 6.40. The predicted octanol–water partition coefficient (Wildman–Crippen LogP) is 1.59. The second-order valence-electron chi connectivity index (χ2n) is 4.92. The van der Waals surface area contributed by atoms with Gasteiger partial charge in [0, 0.05) is 17.4 Å². The number of aryl methyl sites for hydroxylation is 1. The van der Waals surface area contributed by atoms with Gasteiger partial charge in [0.15, 0.2) is 0 Å². The number of fused-ring (bicyclic) bond motifs is 5. The van der Waals surface area contributed by atoms with Crippen LogP contribution in [0.3, 0.4) is 0 Å². The molecule has 3 heterocycles. The molecule has 0 fully saturated rings. The van der Waals surface area contributed by atoms with Crippen LogP contribution in [0.25, 0.3) is 22.3 Å². The number of H-pyrrole nitrogens is 2. The SMILES string of the molecule is COc1ccc2[nH]c3c(c2c1)CCn1c-3c(O)[nH]c1=O. The Morgan fingerprint density at radius 2 is 2.20 bits per heavy atom. The van der Waals surface area contributed by atoms with Crippen LogP contribution in [0.4, 0.5) is 0 Å². The molecule has 1 aliphatic rings. The van der Waals surface area contributed by atoms with E-state index >= 15 is 0 Å². The summed E-state index contributed by atoms with van der Waals surface area (Å²) in [7, 11) is 1.63. The van der Waals surface area contributed by atoms with E-state index in [4.69, 9.17) is 4.74 Å². The molecule has 6 heteroatoms. The summed E-state index contributed by atoms with van der Waals surface area (Å²) in [6, 6.07) is 5.80. The minimum atomic E-state index is -0.278. The molecule has 0 bridgehead atoms. The molecule has 3 N–H and O–H groups in total. The molecule has 20 heavy (non-hydrogen) atoms. The summed E-state index contributed by atoms with van der Waals surface area (Å²) < 4.78 is 6.82. The molecule has 0 aliphatic carbocycles. The van der Waals surface area contributed by atoms with Crippen LogP contribution in [0, 0.1) is 0 Å². The summed E-state index contributed by atoms with van der Waals surface area (Å²) in [5.74, 6) is 0.704. The van der Waals surface area contributed by atoms with Gasteiger partial charge in [0.25, 0.3) is 0 Å². The summed E-state index contributed by atoms with van der Waals surface area (Å²) in [5, 5.41) is 11.0. The molecule has 0 unspecified atom stereocenters. The van der Waals surface area contributed by atoms with Crippen LogP contribution in [-0.4, -0.2) is 26.8 Å². The van der Waals surface area contributed by atoms with Crippen molar-refractivity contribution in [1.82, 2.24) is 14.5 Å². The summed E-state index contributed by atoms with van der Waals surface area (Å²) in [4.78, 5) is 17.5. The molecule has 3 aromatic rings. The van der Waals surface area contributed by atoms with E-state index in [0.717, 1.165) is 34.3 Å². The number of rotatable bonds is 1. The van der Waals surface area contributed by atoms with Crippen LogP contribution in [0.5, 0.6) is 11.6 Å². The largest absolute Gasteiger partial charge is 0.497 e. The van der Waals surface area contributed by atoms with E-state index in [1.165, 1.54) is 0 Å². The lowest BCUT2D eigenvalue weighted by Crippen LogP contribution is -2.21. The number of hydrogen-bond acceptors (Lipinski definition) is 3. The van der Waals surface area contributed by atoms with Crippen LogP contribution in [0.15, 0.2) is 23.0 Å². The first-order valence-electron chi connectivity index (χ1n) is 6.40. The lowest BCUT2D eigenvalue weighted by Gasteiger charge is -2.14. The van der Waals surface area contributed by atoms with Crippen LogP contribution in [0.2, 0.25) is 0 Å². The lowest BCUT2D eigenvalue weighted by molar-refractivity contribution is 0.415. The molecular formula is C14H13N3O3. The van der Waals surface area contributed by atoms with Crippen molar-refractivity contribution in [3.63, 3.8) is 0 Å². The van der Waals surface area contributed by atoms with Crippen molar-refractivity contribution in [3.05, 3.63) is 34.2 Å². The highest BCUT2D eigenvalue weighted by atomic mass is 16.5. The van der Waals surface area contributed by atoms with Crippen molar-refractivity contribution in [2.45, 2.75) is 13.0 Å². The first kappa shape index (κ1) is 11.2. The summed E-state index contributed by atoms with van der Waals surface area (Å²) in [6.45, 7) is 0.558. The third-order valence-corrected chi connectivity index (χ3v) is 3.90. The molecule has 102 valence electrons. The minimum Gasteiger partial charge on any atom is -0.497 e. The third kappa shape index (κ3) is 1.30. The Balaban J connectivity index is 2.07. The van der Waals surface area contributed by atoms with Gasteiger partial charge in [-0.1, -0.05) is 0 Å². The van der Waals surface area contributed by atoms with E-state index in [-0.39, 0.29) is 11.6 Å². The van der Waals surface area contributed by atoms with Gasteiger partial charge in [0.05, 0.1) is 12.8 Å². The van der Waals surface area contributed by atoms with E-state index in [0.29, 0.717) is 12.2 Å². The lowest BCUT2D eigenvalue weighted by atomic mass is 10.0. The number of aromatic hydroxyl groups is 1. The summed E-state index contributed by atoms with van der Waals surface area (Å²) >= 11 is 0. The maximum Gasteiger partial charge on any atom is 0.328 e. The number of nitrogens with zero attached hydrogens (tertiary/aromatic N) is 1. The number of benzene rings is 1. The van der Waals surface area contributed by atoms with Gasteiger partial charge in [-0.3, -0.25) is 9.55 Å². The van der Waals surface area contributed by atoms with Crippen LogP contribution in [-0.2, 0) is 13.0 Å². The number of hydrogen-bond donors (Lipinski definition) is 3. The molecule has 0 spiro atoms. The van der Waals surface area contributed by atoms with Gasteiger partial charge in [-0.15, -0.1) is 0 Å². The second-order valence-corrected chi connectivity index (χ2v) is 4.92. The fourth-order valence-corrected chi connectivity index (χ4v) is 2.96. The van der Waals surface area contributed by atoms with Gasteiger partial charge >= 0.3 is 5.69 Å². The van der Waals surface area contributed by atoms with Crippen LogP contribution >= 0.6 is 0 Å². The van der Waals surface area contributed by atoms with E-state index < -0.39 is 0 Å². The number of methoxy groups -OCH3 is 1. The van der Waals surface area contributed by atoms with Crippen molar-refractivity contribution >= 4 is 10.9 Å². The Morgan fingerprint density at radius 1 is 1.35 bits per heavy atom. The Kier molecular flexibility index (Phi) is 2.07. The number of aromatic nitrogens is 3. The zero-order valence-electron chi connectivity index (χ0n) is 10.9. The minimum absolute atomic E-state index is 0.0885. The Labute approximate surface area is 113 Å². The van der Waals surface area contributed by atoms with Crippen molar-refractivity contribution in [2.75, 3.05) is 7.11 Å². The number of nitrogens with one attached hydrogen (secondary N) is 2. The van der Waals surface area contributed by atoms with Gasteiger partial charge < -0.3 is 14.8 Å². The van der Waals surface area contributed by atoms with Crippen LogP contribution in [0.1, 0.15) is 5.56 Å². The highest BCUT2D eigenvalue weighted by Gasteiger charge is 2.26. The molecule has 1 aliphatic heterocycles. The normalized spacial score (nSPS) is 13.2. The smallest absolute Gasteiger partial charge is 0.328 e. The maximum absolute atomic E-state index is 11.7. The van der Waals surface area contributed by atoms with Crippen molar-refractivity contribution < 1.29 is 9.84 Å². The van der Waals surface area contributed by atoms with Gasteiger partial charge in [0.2, 0.25) is 5.88 Å². The molecule has 0 radical (unpaired) electrons. The molecule has 4 rings (SSSR count). The predicted molar refractivity (Wildman–Crippen MR) is 74.3 cm³/mol. The fourth-order valence-electron chi connectivity index (χ4n) is 2.96. The summed E-state index contributed by atoms with van der Waals surface area (Å²) in [5.41, 5.74) is 3.13. The number of ether oxygens (including phenoxy) is 1. The number of aromatic amines is 2. The summed E-state index contributed by atoms with van der Waals surface area (Å²) in [6.07, 6.45) is 0.743. The van der Waals surface area contributed by atoms with Gasteiger partial charge in [0.1, 0.15) is 11.4 Å². The Bertz CT molecular complexity index is 885. The zero-order valence-corrected chi connectivity index (χ0v) is 10.9. The average Bonchev–Trinajstić information content (AvgIpc) is 2.96. The second kappa shape index (κ2) is 3.69. The van der Waals surface area contributed by atoms with Crippen molar-refractivity contribution in [2.24, 2.45) is 0 Å². The fraction of sp³-hybridized carbons (Fsp3) is 0.214. The highest BCUT2D eigenvalue weighted by molar-refractivity contribution is 5.92. The molecule has 2 aromatic heterocycles. The van der Waals surface area contributed by atoms with Crippen LogP contribution < -0.4 is 10.4 Å². The third-order valence-electron chi connectivity index (χ3n) is 3.90. The van der Waals surface area contributed by atoms with E-state index in [1.54, 1.807) is 11.7 Å². The standard InChI is InChI=1S/C14H13N3O3/c1-20-7-2-3-10-9(6-7)8-4-5-17-12(11(8)15-10)13(18)16-14(17)19/h2-3,6,15,18H,4-5H2,1H3,(H,16,19). The van der Waals surface area contributed by atoms with Crippen molar-refractivity contribution in [3.8, 4) is 23.0 Å². The first-order chi connectivity index (χ1) is 9.69. The molecule has 1 aromatic carbocycles. The topological polar surface area (TPSA) is 83.0 Å². The monoisotopic (exact) mass is 271 g/mol. The molecule has 6 nitrogen and oxygen atoms in total. The van der Waals surface area contributed by atoms with E-state index in [1.807, 2.05) is 18.2 Å². The Morgan fingerprint density at radius 3 is 3.00 bits per heavy atom. The molecular weight excluding hydrogens is 258 g/mol. The highest BCUT2D eigenvalue weighted by Crippen LogP contribution is 2.38. The molecule has 0 saturated carbocycles. The van der Waals surface area contributed by atoms with Gasteiger partial charge in [-0.25, -0.2) is 4.79 Å². The number of imidazole rings is 1. The van der Waals surface area contributed by atoms with E-state index in [2.05, 4.69) is 9.97 Å². The van der Waals surface area contributed by atoms with E-state index in [9.17, 15) is 9.90 Å². The maximum atomic E-state index is 11.7. The molecule has 0 saturated heterocycles. The molecule has 0 amide bonds. The van der Waals surface area contributed by atoms with Gasteiger partial charge in [-0.2, -0.15) is 0 Å². The van der Waals surface area contributed by atoms with Gasteiger partial charge in [-0.05, 0) is 30.2 Å². The Hall–Kier alpha value is -2.63. The quantitative estimate of drug-likeness (QED) is 0.628. The average molecular weight is 271 g/mol. The zero-order chi connectivity index (χ0) is 13.9.